The van der Waals surface area contributed by atoms with Crippen molar-refractivity contribution in [1.29, 1.82) is 5.26 Å². The van der Waals surface area contributed by atoms with Crippen LogP contribution in [0.3, 0.4) is 0 Å². The number of hydrogen-bond donors (Lipinski definition) is 0. The van der Waals surface area contributed by atoms with E-state index in [1.54, 1.807) is 18.6 Å². The molecule has 4 heterocycles. The highest BCUT2D eigenvalue weighted by atomic mass is 16.2. The van der Waals surface area contributed by atoms with E-state index < -0.39 is 0 Å². The largest absolute Gasteiger partial charge is 0.350 e. The van der Waals surface area contributed by atoms with Crippen LogP contribution in [0.4, 0.5) is 17.5 Å². The molecule has 1 saturated heterocycles. The summed E-state index contributed by atoms with van der Waals surface area (Å²) in [5.41, 5.74) is 1.70. The number of aromatic nitrogens is 3. The molecule has 3 fully saturated rings. The lowest BCUT2D eigenvalue weighted by Crippen LogP contribution is -2.58. The molecule has 0 radical (unpaired) electrons. The van der Waals surface area contributed by atoms with Crippen LogP contribution in [0.2, 0.25) is 0 Å². The predicted molar refractivity (Wildman–Crippen MR) is 140 cm³/mol. The number of piperazine rings is 1. The minimum atomic E-state index is -0.153. The van der Waals surface area contributed by atoms with Crippen LogP contribution in [-0.4, -0.2) is 58.0 Å². The van der Waals surface area contributed by atoms with Gasteiger partial charge in [0.15, 0.2) is 0 Å². The SMILES string of the molecule is CC.C[C@@H]1CN(C(=O)C2(C)CCC2)CCN1c1ncnc2c1C1(CCC1)CN2c1cc(C#N)ccn1. The van der Waals surface area contributed by atoms with Crippen molar-refractivity contribution in [3.8, 4) is 6.07 Å². The first-order valence-corrected chi connectivity index (χ1v) is 13.5. The summed E-state index contributed by atoms with van der Waals surface area (Å²) >= 11 is 0. The van der Waals surface area contributed by atoms with Gasteiger partial charge in [0.1, 0.15) is 23.8 Å². The summed E-state index contributed by atoms with van der Waals surface area (Å²) in [6, 6.07) is 5.99. The molecule has 0 unspecified atom stereocenters. The smallest absolute Gasteiger partial charge is 0.228 e. The zero-order chi connectivity index (χ0) is 25.5. The minimum Gasteiger partial charge on any atom is -0.350 e. The lowest BCUT2D eigenvalue weighted by molar-refractivity contribution is -0.146. The first-order valence-electron chi connectivity index (χ1n) is 13.5. The number of amides is 1. The van der Waals surface area contributed by atoms with E-state index in [9.17, 15) is 10.1 Å². The van der Waals surface area contributed by atoms with Crippen LogP contribution in [0.1, 0.15) is 77.3 Å². The molecule has 1 spiro atoms. The molecule has 0 N–H and O–H groups in total. The van der Waals surface area contributed by atoms with Crippen LogP contribution in [0.25, 0.3) is 0 Å². The second-order valence-electron chi connectivity index (χ2n) is 10.8. The quantitative estimate of drug-likeness (QED) is 0.626. The van der Waals surface area contributed by atoms with Gasteiger partial charge in [-0.3, -0.25) is 4.79 Å². The van der Waals surface area contributed by atoms with Crippen molar-refractivity contribution in [3.05, 3.63) is 35.8 Å². The summed E-state index contributed by atoms with van der Waals surface area (Å²) in [6.45, 7) is 11.4. The molecule has 2 aromatic rings. The van der Waals surface area contributed by atoms with E-state index in [1.165, 1.54) is 12.0 Å². The number of carbonyl (C=O) groups excluding carboxylic acids is 1. The fourth-order valence-corrected chi connectivity index (χ4v) is 6.32. The summed E-state index contributed by atoms with van der Waals surface area (Å²) in [7, 11) is 0. The molecule has 8 heteroatoms. The Labute approximate surface area is 214 Å². The second-order valence-corrected chi connectivity index (χ2v) is 10.8. The zero-order valence-corrected chi connectivity index (χ0v) is 22.0. The Morgan fingerprint density at radius 1 is 1.08 bits per heavy atom. The van der Waals surface area contributed by atoms with E-state index in [0.29, 0.717) is 11.5 Å². The van der Waals surface area contributed by atoms with Crippen molar-refractivity contribution in [3.63, 3.8) is 0 Å². The number of anilines is 3. The molecule has 6 rings (SSSR count). The van der Waals surface area contributed by atoms with Crippen molar-refractivity contribution in [2.75, 3.05) is 36.0 Å². The van der Waals surface area contributed by atoms with Gasteiger partial charge < -0.3 is 14.7 Å². The number of fused-ring (bicyclic) bond motifs is 2. The second kappa shape index (κ2) is 9.34. The molecule has 2 aliphatic heterocycles. The third-order valence-corrected chi connectivity index (χ3v) is 8.68. The number of nitriles is 1. The van der Waals surface area contributed by atoms with Crippen LogP contribution in [0.15, 0.2) is 24.7 Å². The minimum absolute atomic E-state index is 0.0301. The van der Waals surface area contributed by atoms with Gasteiger partial charge in [0.25, 0.3) is 0 Å². The van der Waals surface area contributed by atoms with Gasteiger partial charge in [-0.25, -0.2) is 15.0 Å². The van der Waals surface area contributed by atoms with Gasteiger partial charge >= 0.3 is 0 Å². The molecule has 2 saturated carbocycles. The van der Waals surface area contributed by atoms with E-state index in [2.05, 4.69) is 39.6 Å². The maximum atomic E-state index is 13.1. The average Bonchev–Trinajstić information content (AvgIpc) is 3.25. The van der Waals surface area contributed by atoms with Gasteiger partial charge in [0.2, 0.25) is 5.91 Å². The summed E-state index contributed by atoms with van der Waals surface area (Å²) in [5.74, 6) is 3.02. The lowest BCUT2D eigenvalue weighted by atomic mass is 9.66. The Bertz CT molecular complexity index is 1180. The monoisotopic (exact) mass is 487 g/mol. The molecule has 0 aromatic carbocycles. The van der Waals surface area contributed by atoms with Crippen LogP contribution in [-0.2, 0) is 10.2 Å². The Kier molecular flexibility index (Phi) is 6.36. The van der Waals surface area contributed by atoms with Crippen molar-refractivity contribution >= 4 is 23.4 Å². The van der Waals surface area contributed by atoms with Gasteiger partial charge in [0, 0.05) is 54.8 Å². The predicted octanol–water partition coefficient (Wildman–Crippen LogP) is 4.57. The van der Waals surface area contributed by atoms with Crippen molar-refractivity contribution in [2.45, 2.75) is 77.7 Å². The van der Waals surface area contributed by atoms with Gasteiger partial charge in [-0.2, -0.15) is 5.26 Å². The Hall–Kier alpha value is -3.21. The summed E-state index contributed by atoms with van der Waals surface area (Å²) in [6.07, 6.45) is 9.96. The van der Waals surface area contributed by atoms with Gasteiger partial charge in [-0.05, 0) is 44.7 Å². The van der Waals surface area contributed by atoms with Crippen LogP contribution >= 0.6 is 0 Å². The molecule has 36 heavy (non-hydrogen) atoms. The normalized spacial score (nSPS) is 23.1. The van der Waals surface area contributed by atoms with Gasteiger partial charge in [-0.1, -0.05) is 33.6 Å². The van der Waals surface area contributed by atoms with E-state index in [0.717, 1.165) is 75.7 Å². The maximum Gasteiger partial charge on any atom is 0.228 e. The van der Waals surface area contributed by atoms with Gasteiger partial charge in [-0.15, -0.1) is 0 Å². The van der Waals surface area contributed by atoms with Crippen molar-refractivity contribution in [1.82, 2.24) is 19.9 Å². The fraction of sp³-hybridized carbons (Fsp3) is 0.607. The topological polar surface area (TPSA) is 89.3 Å². The third-order valence-electron chi connectivity index (χ3n) is 8.68. The Morgan fingerprint density at radius 3 is 2.42 bits per heavy atom. The first-order chi connectivity index (χ1) is 17.4. The van der Waals surface area contributed by atoms with Crippen LogP contribution in [0.5, 0.6) is 0 Å². The highest BCUT2D eigenvalue weighted by Crippen LogP contribution is 2.56. The van der Waals surface area contributed by atoms with E-state index in [4.69, 9.17) is 9.97 Å². The standard InChI is InChI=1S/C26H31N7O.C2H6/c1-18-15-31(24(34)25(2)6-3-7-25)11-12-32(18)22-21-23(30-17-29-22)33(16-26(21)8-4-9-26)20-13-19(14-27)5-10-28-20;1-2/h5,10,13,17-18H,3-4,6-9,11-12,15-16H2,1-2H3;1-2H3/t18-;/m1./s1. The fourth-order valence-electron chi connectivity index (χ4n) is 6.32. The first kappa shape index (κ1) is 24.5. The summed E-state index contributed by atoms with van der Waals surface area (Å²) < 4.78 is 0. The molecule has 1 atom stereocenters. The van der Waals surface area contributed by atoms with Crippen LogP contribution in [0, 0.1) is 16.7 Å². The third kappa shape index (κ3) is 3.80. The number of nitrogens with zero attached hydrogens (tertiary/aromatic N) is 7. The maximum absolute atomic E-state index is 13.1. The van der Waals surface area contributed by atoms with E-state index in [1.807, 2.05) is 19.9 Å². The van der Waals surface area contributed by atoms with Gasteiger partial charge in [0.05, 0.1) is 11.6 Å². The Balaban J connectivity index is 0.00000130. The van der Waals surface area contributed by atoms with Crippen molar-refractivity contribution in [2.24, 2.45) is 5.41 Å². The van der Waals surface area contributed by atoms with E-state index >= 15 is 0 Å². The van der Waals surface area contributed by atoms with Crippen LogP contribution < -0.4 is 9.80 Å². The molecule has 190 valence electrons. The van der Waals surface area contributed by atoms with E-state index in [-0.39, 0.29) is 16.9 Å². The number of rotatable bonds is 3. The summed E-state index contributed by atoms with van der Waals surface area (Å²) in [5, 5.41) is 9.38. The molecular weight excluding hydrogens is 450 g/mol. The molecule has 2 aliphatic carbocycles. The number of hydrogen-bond acceptors (Lipinski definition) is 7. The molecule has 4 aliphatic rings. The van der Waals surface area contributed by atoms with Crippen molar-refractivity contribution < 1.29 is 4.79 Å². The molecule has 0 bridgehead atoms. The number of pyridine rings is 1. The molecule has 8 nitrogen and oxygen atoms in total. The molecule has 1 amide bonds. The molecular formula is C28H37N7O. The highest BCUT2D eigenvalue weighted by Gasteiger charge is 2.52. The highest BCUT2D eigenvalue weighted by molar-refractivity contribution is 5.83. The Morgan fingerprint density at radius 2 is 1.81 bits per heavy atom. The summed E-state index contributed by atoms with van der Waals surface area (Å²) in [4.78, 5) is 33.9. The molecule has 2 aromatic heterocycles. The lowest BCUT2D eigenvalue weighted by Gasteiger charge is -2.47. The zero-order valence-electron chi connectivity index (χ0n) is 22.0. The number of carbonyl (C=O) groups is 1. The average molecular weight is 488 g/mol.